The van der Waals surface area contributed by atoms with E-state index in [-0.39, 0.29) is 29.2 Å². The number of rotatable bonds is 9. The van der Waals surface area contributed by atoms with Gasteiger partial charge in [-0.05, 0) is 48.2 Å². The van der Waals surface area contributed by atoms with E-state index in [0.29, 0.717) is 33.7 Å². The van der Waals surface area contributed by atoms with Gasteiger partial charge < -0.3 is 19.4 Å². The second-order valence-corrected chi connectivity index (χ2v) is 8.70. The molecule has 0 bridgehead atoms. The van der Waals surface area contributed by atoms with Gasteiger partial charge in [-0.2, -0.15) is 0 Å². The Labute approximate surface area is 215 Å². The van der Waals surface area contributed by atoms with Gasteiger partial charge in [0.25, 0.3) is 0 Å². The first-order valence-corrected chi connectivity index (χ1v) is 12.2. The molecular weight excluding hydrogens is 468 g/mol. The van der Waals surface area contributed by atoms with E-state index < -0.39 is 0 Å². The number of methoxy groups -OCH3 is 2. The molecule has 0 atom stereocenters. The van der Waals surface area contributed by atoms with Gasteiger partial charge in [0.05, 0.1) is 31.0 Å². The molecular formula is C30H30N2O5. The maximum Gasteiger partial charge on any atom is 0.244 e. The van der Waals surface area contributed by atoms with Crippen LogP contribution in [0.25, 0.3) is 10.9 Å². The van der Waals surface area contributed by atoms with Crippen LogP contribution in [-0.2, 0) is 24.2 Å². The van der Waals surface area contributed by atoms with Gasteiger partial charge in [0.2, 0.25) is 11.3 Å². The maximum absolute atomic E-state index is 13.5. The molecule has 0 spiro atoms. The Morgan fingerprint density at radius 3 is 2.22 bits per heavy atom. The van der Waals surface area contributed by atoms with Gasteiger partial charge in [0, 0.05) is 23.2 Å². The minimum atomic E-state index is -0.375. The van der Waals surface area contributed by atoms with E-state index in [2.05, 4.69) is 5.32 Å². The van der Waals surface area contributed by atoms with Crippen LogP contribution in [0.2, 0.25) is 0 Å². The number of aryl methyl sites for hydroxylation is 2. The molecule has 3 aromatic carbocycles. The summed E-state index contributed by atoms with van der Waals surface area (Å²) < 4.78 is 12.3. The van der Waals surface area contributed by atoms with Gasteiger partial charge >= 0.3 is 0 Å². The van der Waals surface area contributed by atoms with E-state index in [1.807, 2.05) is 38.1 Å². The largest absolute Gasteiger partial charge is 0.497 e. The van der Waals surface area contributed by atoms with E-state index in [9.17, 15) is 14.4 Å². The molecule has 7 nitrogen and oxygen atoms in total. The molecule has 0 saturated heterocycles. The van der Waals surface area contributed by atoms with Crippen molar-refractivity contribution in [2.45, 2.75) is 33.2 Å². The summed E-state index contributed by atoms with van der Waals surface area (Å²) in [5.74, 6) is 0.332. The van der Waals surface area contributed by atoms with Crippen LogP contribution in [0, 0.1) is 0 Å². The summed E-state index contributed by atoms with van der Waals surface area (Å²) in [5, 5.41) is 3.26. The molecule has 4 rings (SSSR count). The van der Waals surface area contributed by atoms with E-state index in [4.69, 9.17) is 9.47 Å². The molecule has 1 N–H and O–H groups in total. The lowest BCUT2D eigenvalue weighted by atomic mass is 9.99. The molecule has 1 heterocycles. The quantitative estimate of drug-likeness (QED) is 0.328. The molecule has 0 radical (unpaired) electrons. The van der Waals surface area contributed by atoms with Crippen LogP contribution < -0.4 is 20.2 Å². The van der Waals surface area contributed by atoms with Gasteiger partial charge in [-0.25, -0.2) is 0 Å². The van der Waals surface area contributed by atoms with Crippen molar-refractivity contribution in [3.8, 4) is 11.5 Å². The van der Waals surface area contributed by atoms with Gasteiger partial charge in [-0.15, -0.1) is 0 Å². The van der Waals surface area contributed by atoms with E-state index in [0.717, 1.165) is 24.0 Å². The van der Waals surface area contributed by atoms with E-state index >= 15 is 0 Å². The van der Waals surface area contributed by atoms with Gasteiger partial charge in [-0.3, -0.25) is 14.4 Å². The number of amides is 1. The monoisotopic (exact) mass is 498 g/mol. The summed E-state index contributed by atoms with van der Waals surface area (Å²) in [6.45, 7) is 3.92. The summed E-state index contributed by atoms with van der Waals surface area (Å²) in [6.07, 6.45) is 3.07. The molecule has 0 aliphatic rings. The Balaban J connectivity index is 1.76. The standard InChI is InChI=1S/C30H30N2O5/c1-5-19-7-10-21(11-8-19)29(34)24-17-32(26-13-9-20(6-2)15-23(26)30(24)35)18-28(33)31-25-16-22(36-3)12-14-27(25)37-4/h7-17H,5-6,18H2,1-4H3,(H,31,33). The fourth-order valence-electron chi connectivity index (χ4n) is 4.26. The minimum Gasteiger partial charge on any atom is -0.497 e. The van der Waals surface area contributed by atoms with Crippen LogP contribution in [-0.4, -0.2) is 30.5 Å². The molecule has 0 unspecified atom stereocenters. The highest BCUT2D eigenvalue weighted by atomic mass is 16.5. The molecule has 0 saturated carbocycles. The SMILES string of the molecule is CCc1ccc(C(=O)c2cn(CC(=O)Nc3cc(OC)ccc3OC)c3ccc(CC)cc3c2=O)cc1. The van der Waals surface area contributed by atoms with Crippen molar-refractivity contribution in [1.82, 2.24) is 4.57 Å². The number of ether oxygens (including phenoxy) is 2. The van der Waals surface area contributed by atoms with Crippen LogP contribution in [0.5, 0.6) is 11.5 Å². The Morgan fingerprint density at radius 2 is 1.57 bits per heavy atom. The Kier molecular flexibility index (Phi) is 7.72. The molecule has 7 heteroatoms. The normalized spacial score (nSPS) is 10.8. The topological polar surface area (TPSA) is 86.6 Å². The molecule has 190 valence electrons. The smallest absolute Gasteiger partial charge is 0.244 e. The number of anilines is 1. The number of hydrogen-bond acceptors (Lipinski definition) is 5. The highest BCUT2D eigenvalue weighted by Crippen LogP contribution is 2.29. The Hall–Kier alpha value is -4.39. The number of ketones is 1. The van der Waals surface area contributed by atoms with Crippen LogP contribution >= 0.6 is 0 Å². The zero-order chi connectivity index (χ0) is 26.5. The number of benzene rings is 3. The first-order valence-electron chi connectivity index (χ1n) is 12.2. The summed E-state index contributed by atoms with van der Waals surface area (Å²) in [5.41, 5.74) is 3.21. The number of aromatic nitrogens is 1. The first-order chi connectivity index (χ1) is 17.9. The summed E-state index contributed by atoms with van der Waals surface area (Å²) in [4.78, 5) is 40.0. The van der Waals surface area contributed by atoms with Crippen molar-refractivity contribution in [2.24, 2.45) is 0 Å². The Morgan fingerprint density at radius 1 is 0.865 bits per heavy atom. The van der Waals surface area contributed by atoms with Crippen molar-refractivity contribution in [3.63, 3.8) is 0 Å². The van der Waals surface area contributed by atoms with Crippen molar-refractivity contribution >= 4 is 28.3 Å². The molecule has 0 aliphatic heterocycles. The van der Waals surface area contributed by atoms with Crippen molar-refractivity contribution in [1.29, 1.82) is 0 Å². The summed E-state index contributed by atoms with van der Waals surface area (Å²) >= 11 is 0. The Bertz CT molecular complexity index is 1520. The molecule has 0 aliphatic carbocycles. The number of fused-ring (bicyclic) bond motifs is 1. The number of carbonyl (C=O) groups excluding carboxylic acids is 2. The average molecular weight is 499 g/mol. The van der Waals surface area contributed by atoms with E-state index in [1.54, 1.807) is 48.1 Å². The minimum absolute atomic E-state index is 0.0248. The zero-order valence-electron chi connectivity index (χ0n) is 21.5. The second-order valence-electron chi connectivity index (χ2n) is 8.70. The van der Waals surface area contributed by atoms with Crippen LogP contribution in [0.4, 0.5) is 5.69 Å². The van der Waals surface area contributed by atoms with Crippen LogP contribution in [0.3, 0.4) is 0 Å². The highest BCUT2D eigenvalue weighted by Gasteiger charge is 2.19. The summed E-state index contributed by atoms with van der Waals surface area (Å²) in [6, 6.07) is 17.9. The lowest BCUT2D eigenvalue weighted by molar-refractivity contribution is -0.116. The van der Waals surface area contributed by atoms with E-state index in [1.165, 1.54) is 13.3 Å². The fraction of sp³-hybridized carbons (Fsp3) is 0.233. The number of hydrogen-bond donors (Lipinski definition) is 1. The van der Waals surface area contributed by atoms with Gasteiger partial charge in [0.15, 0.2) is 5.78 Å². The molecule has 1 aromatic heterocycles. The first kappa shape index (κ1) is 25.7. The summed E-state index contributed by atoms with van der Waals surface area (Å²) in [7, 11) is 3.06. The highest BCUT2D eigenvalue weighted by molar-refractivity contribution is 6.10. The van der Waals surface area contributed by atoms with Gasteiger partial charge in [0.1, 0.15) is 18.0 Å². The third kappa shape index (κ3) is 5.40. The van der Waals surface area contributed by atoms with Crippen LogP contribution in [0.1, 0.15) is 40.9 Å². The lowest BCUT2D eigenvalue weighted by Crippen LogP contribution is -2.24. The van der Waals surface area contributed by atoms with Crippen molar-refractivity contribution in [2.75, 3.05) is 19.5 Å². The van der Waals surface area contributed by atoms with Crippen molar-refractivity contribution in [3.05, 3.63) is 99.3 Å². The number of nitrogens with one attached hydrogen (secondary N) is 1. The number of pyridine rings is 1. The lowest BCUT2D eigenvalue weighted by Gasteiger charge is -2.16. The predicted octanol–water partition coefficient (Wildman–Crippen LogP) is 5.01. The molecule has 0 fully saturated rings. The fourth-order valence-corrected chi connectivity index (χ4v) is 4.26. The van der Waals surface area contributed by atoms with Crippen LogP contribution in [0.15, 0.2) is 71.7 Å². The van der Waals surface area contributed by atoms with Crippen molar-refractivity contribution < 1.29 is 19.1 Å². The molecule has 4 aromatic rings. The third-order valence-corrected chi connectivity index (χ3v) is 6.42. The predicted molar refractivity (Wildman–Crippen MR) is 145 cm³/mol. The number of carbonyl (C=O) groups is 2. The second kappa shape index (κ2) is 11.1. The average Bonchev–Trinajstić information content (AvgIpc) is 2.93. The zero-order valence-corrected chi connectivity index (χ0v) is 21.5. The van der Waals surface area contributed by atoms with Gasteiger partial charge in [-0.1, -0.05) is 44.2 Å². The number of nitrogens with zero attached hydrogens (tertiary/aromatic N) is 1. The molecule has 37 heavy (non-hydrogen) atoms. The maximum atomic E-state index is 13.5. The third-order valence-electron chi connectivity index (χ3n) is 6.42. The molecule has 1 amide bonds.